The van der Waals surface area contributed by atoms with Gasteiger partial charge in [-0.05, 0) is 28.3 Å². The number of aromatic carboxylic acids is 1. The number of hydrogen-bond donors (Lipinski definition) is 1. The van der Waals surface area contributed by atoms with E-state index in [2.05, 4.69) is 13.2 Å². The van der Waals surface area contributed by atoms with Crippen LogP contribution in [0.3, 0.4) is 0 Å². The predicted molar refractivity (Wildman–Crippen MR) is 77.9 cm³/mol. The van der Waals surface area contributed by atoms with Crippen LogP contribution in [-0.2, 0) is 0 Å². The Morgan fingerprint density at radius 2 is 1.32 bits per heavy atom. The van der Waals surface area contributed by atoms with E-state index in [1.807, 2.05) is 30.3 Å². The van der Waals surface area contributed by atoms with Gasteiger partial charge in [-0.3, -0.25) is 0 Å². The Morgan fingerprint density at radius 3 is 1.89 bits per heavy atom. The molecule has 2 aromatic rings. The molecule has 0 bridgehead atoms. The molecule has 1 N–H and O–H groups in total. The molecule has 0 heterocycles. The van der Waals surface area contributed by atoms with Crippen molar-refractivity contribution in [1.82, 2.24) is 0 Å². The molecule has 2 heteroatoms. The lowest BCUT2D eigenvalue weighted by Crippen LogP contribution is -2.02. The normalized spacial score (nSPS) is 9.89. The van der Waals surface area contributed by atoms with Crippen LogP contribution < -0.4 is 0 Å². The Labute approximate surface area is 112 Å². The van der Waals surface area contributed by atoms with E-state index in [1.54, 1.807) is 24.3 Å². The molecule has 2 rings (SSSR count). The van der Waals surface area contributed by atoms with E-state index in [1.165, 1.54) is 0 Å². The molecule has 0 amide bonds. The van der Waals surface area contributed by atoms with Crippen LogP contribution in [0.4, 0.5) is 0 Å². The van der Waals surface area contributed by atoms with Gasteiger partial charge in [0.2, 0.25) is 0 Å². The first-order chi connectivity index (χ1) is 9.11. The third-order valence-corrected chi connectivity index (χ3v) is 2.97. The summed E-state index contributed by atoms with van der Waals surface area (Å²) >= 11 is 0. The van der Waals surface area contributed by atoms with Crippen LogP contribution in [0.25, 0.3) is 11.1 Å². The SMILES string of the molecule is C=C(C(=C)c1ccccc1C(=O)O)c1ccccc1. The van der Waals surface area contributed by atoms with Gasteiger partial charge in [-0.25, -0.2) is 4.79 Å². The second-order valence-electron chi connectivity index (χ2n) is 4.17. The van der Waals surface area contributed by atoms with Crippen molar-refractivity contribution in [2.45, 2.75) is 0 Å². The molecule has 0 spiro atoms. The molecule has 0 saturated heterocycles. The van der Waals surface area contributed by atoms with Crippen molar-refractivity contribution in [2.24, 2.45) is 0 Å². The van der Waals surface area contributed by atoms with Gasteiger partial charge in [-0.1, -0.05) is 61.7 Å². The number of benzene rings is 2. The highest BCUT2D eigenvalue weighted by molar-refractivity contribution is 6.07. The maximum Gasteiger partial charge on any atom is 0.336 e. The molecular formula is C17H14O2. The quantitative estimate of drug-likeness (QED) is 0.829. The summed E-state index contributed by atoms with van der Waals surface area (Å²) in [6, 6.07) is 16.4. The topological polar surface area (TPSA) is 37.3 Å². The van der Waals surface area contributed by atoms with Crippen molar-refractivity contribution in [1.29, 1.82) is 0 Å². The van der Waals surface area contributed by atoms with E-state index in [0.29, 0.717) is 11.1 Å². The fourth-order valence-corrected chi connectivity index (χ4v) is 1.91. The van der Waals surface area contributed by atoms with Crippen molar-refractivity contribution in [2.75, 3.05) is 0 Å². The van der Waals surface area contributed by atoms with Crippen molar-refractivity contribution < 1.29 is 9.90 Å². The Hall–Kier alpha value is -2.61. The Kier molecular flexibility index (Phi) is 3.62. The molecule has 0 atom stereocenters. The summed E-state index contributed by atoms with van der Waals surface area (Å²) < 4.78 is 0. The van der Waals surface area contributed by atoms with E-state index in [9.17, 15) is 9.90 Å². The summed E-state index contributed by atoms with van der Waals surface area (Å²) in [5, 5.41) is 9.20. The van der Waals surface area contributed by atoms with Crippen LogP contribution in [0.5, 0.6) is 0 Å². The van der Waals surface area contributed by atoms with Crippen LogP contribution >= 0.6 is 0 Å². The van der Waals surface area contributed by atoms with Gasteiger partial charge in [0.15, 0.2) is 0 Å². The summed E-state index contributed by atoms with van der Waals surface area (Å²) in [6.07, 6.45) is 0. The summed E-state index contributed by atoms with van der Waals surface area (Å²) in [5.41, 5.74) is 3.14. The zero-order valence-electron chi connectivity index (χ0n) is 10.5. The third-order valence-electron chi connectivity index (χ3n) is 2.97. The molecule has 0 aliphatic heterocycles. The molecule has 0 aliphatic carbocycles. The van der Waals surface area contributed by atoms with Crippen LogP contribution in [0, 0.1) is 0 Å². The Morgan fingerprint density at radius 1 is 0.789 bits per heavy atom. The van der Waals surface area contributed by atoms with Gasteiger partial charge >= 0.3 is 5.97 Å². The average Bonchev–Trinajstić information content (AvgIpc) is 2.46. The number of carboxylic acid groups (broad SMARTS) is 1. The highest BCUT2D eigenvalue weighted by atomic mass is 16.4. The van der Waals surface area contributed by atoms with Crippen LogP contribution in [-0.4, -0.2) is 11.1 Å². The van der Waals surface area contributed by atoms with E-state index >= 15 is 0 Å². The van der Waals surface area contributed by atoms with Crippen molar-refractivity contribution in [3.63, 3.8) is 0 Å². The molecule has 2 nitrogen and oxygen atoms in total. The molecular weight excluding hydrogens is 236 g/mol. The van der Waals surface area contributed by atoms with E-state index in [4.69, 9.17) is 0 Å². The second-order valence-corrected chi connectivity index (χ2v) is 4.17. The minimum Gasteiger partial charge on any atom is -0.478 e. The first kappa shape index (κ1) is 12.8. The van der Waals surface area contributed by atoms with Crippen LogP contribution in [0.15, 0.2) is 67.8 Å². The number of rotatable bonds is 4. The van der Waals surface area contributed by atoms with Gasteiger partial charge < -0.3 is 5.11 Å². The summed E-state index contributed by atoms with van der Waals surface area (Å²) in [5.74, 6) is -0.961. The lowest BCUT2D eigenvalue weighted by atomic mass is 9.92. The number of allylic oxidation sites excluding steroid dienone is 2. The van der Waals surface area contributed by atoms with E-state index in [-0.39, 0.29) is 5.56 Å². The lowest BCUT2D eigenvalue weighted by molar-refractivity contribution is 0.0696. The Balaban J connectivity index is 2.41. The Bertz CT molecular complexity index is 639. The molecule has 0 fully saturated rings. The van der Waals surface area contributed by atoms with Crippen LogP contribution in [0.2, 0.25) is 0 Å². The summed E-state index contributed by atoms with van der Waals surface area (Å²) in [4.78, 5) is 11.2. The van der Waals surface area contributed by atoms with Crippen LogP contribution in [0.1, 0.15) is 21.5 Å². The molecule has 94 valence electrons. The first-order valence-corrected chi connectivity index (χ1v) is 5.87. The predicted octanol–water partition coefficient (Wildman–Crippen LogP) is 4.11. The van der Waals surface area contributed by atoms with Gasteiger partial charge in [0.05, 0.1) is 5.56 Å². The van der Waals surface area contributed by atoms with E-state index < -0.39 is 5.97 Å². The maximum atomic E-state index is 11.2. The van der Waals surface area contributed by atoms with Crippen molar-refractivity contribution >= 4 is 17.1 Å². The fraction of sp³-hybridized carbons (Fsp3) is 0. The van der Waals surface area contributed by atoms with Gasteiger partial charge in [0.25, 0.3) is 0 Å². The molecule has 0 saturated carbocycles. The maximum absolute atomic E-state index is 11.2. The molecule has 0 unspecified atom stereocenters. The third kappa shape index (κ3) is 2.63. The largest absolute Gasteiger partial charge is 0.478 e. The van der Waals surface area contributed by atoms with Gasteiger partial charge in [0.1, 0.15) is 0 Å². The molecule has 19 heavy (non-hydrogen) atoms. The standard InChI is InChI=1S/C17H14O2/c1-12(14-8-4-3-5-9-14)13(2)15-10-6-7-11-16(15)17(18)19/h3-11H,1-2H2,(H,18,19). The zero-order chi connectivity index (χ0) is 13.8. The molecule has 0 radical (unpaired) electrons. The molecule has 2 aromatic carbocycles. The first-order valence-electron chi connectivity index (χ1n) is 5.87. The highest BCUT2D eigenvalue weighted by Gasteiger charge is 2.13. The number of carboxylic acids is 1. The smallest absolute Gasteiger partial charge is 0.336 e. The van der Waals surface area contributed by atoms with Gasteiger partial charge in [0, 0.05) is 0 Å². The minimum atomic E-state index is -0.961. The second kappa shape index (κ2) is 5.36. The fourth-order valence-electron chi connectivity index (χ4n) is 1.91. The monoisotopic (exact) mass is 250 g/mol. The number of carbonyl (C=O) groups is 1. The average molecular weight is 250 g/mol. The van der Waals surface area contributed by atoms with Gasteiger partial charge in [-0.2, -0.15) is 0 Å². The van der Waals surface area contributed by atoms with E-state index in [0.717, 1.165) is 11.1 Å². The minimum absolute atomic E-state index is 0.240. The van der Waals surface area contributed by atoms with Crippen molar-refractivity contribution in [3.05, 3.63) is 84.4 Å². The van der Waals surface area contributed by atoms with Crippen molar-refractivity contribution in [3.8, 4) is 0 Å². The zero-order valence-corrected chi connectivity index (χ0v) is 10.5. The number of hydrogen-bond acceptors (Lipinski definition) is 1. The molecule has 0 aromatic heterocycles. The summed E-state index contributed by atoms with van der Waals surface area (Å²) in [6.45, 7) is 7.99. The summed E-state index contributed by atoms with van der Waals surface area (Å²) in [7, 11) is 0. The van der Waals surface area contributed by atoms with Gasteiger partial charge in [-0.15, -0.1) is 0 Å². The molecule has 0 aliphatic rings. The lowest BCUT2D eigenvalue weighted by Gasteiger charge is -2.12. The highest BCUT2D eigenvalue weighted by Crippen LogP contribution is 2.30.